The first-order valence-corrected chi connectivity index (χ1v) is 8.11. The minimum Gasteiger partial charge on any atom is -0.374 e. The smallest absolute Gasteiger partial charge is 0.254 e. The van der Waals surface area contributed by atoms with Gasteiger partial charge in [-0.15, -0.1) is 0 Å². The topological polar surface area (TPSA) is 60.3 Å². The molecule has 1 aliphatic carbocycles. The number of pyridine rings is 1. The van der Waals surface area contributed by atoms with Crippen LogP contribution >= 0.6 is 0 Å². The van der Waals surface area contributed by atoms with Crippen molar-refractivity contribution in [2.24, 2.45) is 5.92 Å². The summed E-state index contributed by atoms with van der Waals surface area (Å²) in [4.78, 5) is 22.9. The number of rotatable bonds is 3. The van der Waals surface area contributed by atoms with Crippen LogP contribution in [0.2, 0.25) is 0 Å². The van der Waals surface area contributed by atoms with Crippen molar-refractivity contribution < 1.29 is 9.53 Å². The van der Waals surface area contributed by atoms with Gasteiger partial charge in [0.1, 0.15) is 0 Å². The molecular weight excluding hydrogens is 292 g/mol. The molecule has 0 spiro atoms. The highest BCUT2D eigenvalue weighted by molar-refractivity contribution is 5.94. The summed E-state index contributed by atoms with van der Waals surface area (Å²) in [5.41, 5.74) is 0.707. The lowest BCUT2D eigenvalue weighted by Gasteiger charge is -2.39. The van der Waals surface area contributed by atoms with E-state index in [0.29, 0.717) is 24.6 Å². The molecule has 0 N–H and O–H groups in total. The Balaban J connectivity index is 1.50. The summed E-state index contributed by atoms with van der Waals surface area (Å²) in [5.74, 6) is 0.524. The van der Waals surface area contributed by atoms with Crippen LogP contribution in [0, 0.1) is 5.92 Å². The number of imidazole rings is 1. The third kappa shape index (κ3) is 2.74. The minimum atomic E-state index is 0.0916. The first-order chi connectivity index (χ1) is 11.3. The van der Waals surface area contributed by atoms with Crippen LogP contribution in [0.25, 0.3) is 0 Å². The number of amides is 1. The van der Waals surface area contributed by atoms with Crippen molar-refractivity contribution in [3.8, 4) is 0 Å². The summed E-state index contributed by atoms with van der Waals surface area (Å²) in [6.07, 6.45) is 11.2. The van der Waals surface area contributed by atoms with E-state index in [1.165, 1.54) is 0 Å². The van der Waals surface area contributed by atoms with Gasteiger partial charge >= 0.3 is 0 Å². The molecular formula is C17H20N4O2. The molecule has 0 radical (unpaired) electrons. The molecule has 2 aliphatic rings. The number of carbonyl (C=O) groups excluding carboxylic acids is 1. The molecule has 2 aromatic heterocycles. The van der Waals surface area contributed by atoms with Gasteiger partial charge in [0.05, 0.1) is 25.1 Å². The maximum Gasteiger partial charge on any atom is 0.254 e. The van der Waals surface area contributed by atoms with Gasteiger partial charge in [0.2, 0.25) is 0 Å². The Morgan fingerprint density at radius 1 is 1.22 bits per heavy atom. The van der Waals surface area contributed by atoms with E-state index in [0.717, 1.165) is 19.4 Å². The molecule has 2 aromatic rings. The second kappa shape index (κ2) is 6.12. The predicted molar refractivity (Wildman–Crippen MR) is 83.8 cm³/mol. The third-order valence-corrected chi connectivity index (χ3v) is 4.91. The fourth-order valence-electron chi connectivity index (χ4n) is 3.83. The van der Waals surface area contributed by atoms with Crippen molar-refractivity contribution in [1.82, 2.24) is 19.4 Å². The fraction of sp³-hybridized carbons (Fsp3) is 0.471. The van der Waals surface area contributed by atoms with Crippen molar-refractivity contribution in [2.75, 3.05) is 13.2 Å². The number of hydrogen-bond acceptors (Lipinski definition) is 4. The van der Waals surface area contributed by atoms with E-state index in [4.69, 9.17) is 4.74 Å². The molecule has 6 heteroatoms. The third-order valence-electron chi connectivity index (χ3n) is 4.91. The van der Waals surface area contributed by atoms with Gasteiger partial charge < -0.3 is 14.2 Å². The van der Waals surface area contributed by atoms with Crippen molar-refractivity contribution in [1.29, 1.82) is 0 Å². The van der Waals surface area contributed by atoms with Crippen LogP contribution in [0.3, 0.4) is 0 Å². The number of carbonyl (C=O) groups is 1. The number of ether oxygens (including phenoxy) is 1. The summed E-state index contributed by atoms with van der Waals surface area (Å²) < 4.78 is 8.14. The molecule has 1 saturated carbocycles. The Hall–Kier alpha value is -2.21. The van der Waals surface area contributed by atoms with Crippen molar-refractivity contribution in [3.63, 3.8) is 0 Å². The quantitative estimate of drug-likeness (QED) is 0.864. The van der Waals surface area contributed by atoms with Crippen molar-refractivity contribution in [2.45, 2.75) is 31.5 Å². The number of nitrogens with zero attached hydrogens (tertiary/aromatic N) is 4. The summed E-state index contributed by atoms with van der Waals surface area (Å²) in [6, 6.07) is 3.74. The second-order valence-electron chi connectivity index (χ2n) is 6.23. The van der Waals surface area contributed by atoms with Crippen LogP contribution in [0.5, 0.6) is 0 Å². The highest BCUT2D eigenvalue weighted by atomic mass is 16.5. The van der Waals surface area contributed by atoms with Crippen LogP contribution in [0.15, 0.2) is 43.2 Å². The average molecular weight is 312 g/mol. The van der Waals surface area contributed by atoms with E-state index in [1.54, 1.807) is 30.7 Å². The van der Waals surface area contributed by atoms with Gasteiger partial charge in [0.15, 0.2) is 0 Å². The van der Waals surface area contributed by atoms with Gasteiger partial charge in [-0.1, -0.05) is 0 Å². The Kier molecular flexibility index (Phi) is 3.83. The first kappa shape index (κ1) is 14.4. The van der Waals surface area contributed by atoms with Crippen molar-refractivity contribution in [3.05, 3.63) is 48.8 Å². The number of aromatic nitrogens is 3. The molecule has 1 saturated heterocycles. The van der Waals surface area contributed by atoms with Gasteiger partial charge in [-0.3, -0.25) is 9.78 Å². The lowest BCUT2D eigenvalue weighted by molar-refractivity contribution is -0.0645. The molecule has 0 unspecified atom stereocenters. The lowest BCUT2D eigenvalue weighted by Crippen LogP contribution is -2.53. The fourth-order valence-corrected chi connectivity index (χ4v) is 3.83. The maximum absolute atomic E-state index is 12.8. The normalized spacial score (nSPS) is 27.0. The highest BCUT2D eigenvalue weighted by Crippen LogP contribution is 2.36. The zero-order valence-corrected chi connectivity index (χ0v) is 12.9. The van der Waals surface area contributed by atoms with Gasteiger partial charge in [-0.05, 0) is 25.0 Å². The van der Waals surface area contributed by atoms with Crippen LogP contribution in [-0.2, 0) is 11.3 Å². The summed E-state index contributed by atoms with van der Waals surface area (Å²) in [6.45, 7) is 2.18. The molecule has 6 nitrogen and oxygen atoms in total. The molecule has 0 bridgehead atoms. The summed E-state index contributed by atoms with van der Waals surface area (Å²) in [5, 5.41) is 0. The molecule has 1 amide bonds. The van der Waals surface area contributed by atoms with E-state index in [1.807, 2.05) is 17.4 Å². The van der Waals surface area contributed by atoms with E-state index in [9.17, 15) is 4.79 Å². The van der Waals surface area contributed by atoms with Gasteiger partial charge in [0, 0.05) is 49.4 Å². The zero-order chi connectivity index (χ0) is 15.6. The largest absolute Gasteiger partial charge is 0.374 e. The summed E-state index contributed by atoms with van der Waals surface area (Å²) >= 11 is 0. The van der Waals surface area contributed by atoms with Crippen LogP contribution in [-0.4, -0.2) is 50.6 Å². The lowest BCUT2D eigenvalue weighted by atomic mass is 10.0. The Bertz CT molecular complexity index is 658. The molecule has 3 atom stereocenters. The Morgan fingerprint density at radius 3 is 2.87 bits per heavy atom. The molecule has 4 rings (SSSR count). The Labute approximate surface area is 135 Å². The maximum atomic E-state index is 12.8. The van der Waals surface area contributed by atoms with Crippen molar-refractivity contribution >= 4 is 5.91 Å². The molecule has 23 heavy (non-hydrogen) atoms. The summed E-state index contributed by atoms with van der Waals surface area (Å²) in [7, 11) is 0. The molecule has 3 heterocycles. The SMILES string of the molecule is O=C(c1ccncc1)N1CCO[C@@H]2[C@H](Cn3ccnc3)CC[C@@H]21. The van der Waals surface area contributed by atoms with Gasteiger partial charge in [-0.2, -0.15) is 0 Å². The predicted octanol–water partition coefficient (Wildman–Crippen LogP) is 1.60. The number of hydrogen-bond donors (Lipinski definition) is 0. The Morgan fingerprint density at radius 2 is 2.09 bits per heavy atom. The van der Waals surface area contributed by atoms with Crippen LogP contribution in [0.1, 0.15) is 23.2 Å². The van der Waals surface area contributed by atoms with E-state index >= 15 is 0 Å². The molecule has 0 aromatic carbocycles. The van der Waals surface area contributed by atoms with Gasteiger partial charge in [0.25, 0.3) is 5.91 Å². The van der Waals surface area contributed by atoms with E-state index in [-0.39, 0.29) is 18.1 Å². The van der Waals surface area contributed by atoms with Crippen LogP contribution < -0.4 is 0 Å². The first-order valence-electron chi connectivity index (χ1n) is 8.11. The average Bonchev–Trinajstić information content (AvgIpc) is 3.25. The van der Waals surface area contributed by atoms with Gasteiger partial charge in [-0.25, -0.2) is 4.98 Å². The molecule has 1 aliphatic heterocycles. The van der Waals surface area contributed by atoms with E-state index < -0.39 is 0 Å². The van der Waals surface area contributed by atoms with Crippen LogP contribution in [0.4, 0.5) is 0 Å². The molecule has 2 fully saturated rings. The minimum absolute atomic E-state index is 0.0916. The zero-order valence-electron chi connectivity index (χ0n) is 12.9. The number of morpholine rings is 1. The number of fused-ring (bicyclic) bond motifs is 1. The second-order valence-corrected chi connectivity index (χ2v) is 6.23. The van der Waals surface area contributed by atoms with E-state index in [2.05, 4.69) is 14.5 Å². The monoisotopic (exact) mass is 312 g/mol. The molecule has 120 valence electrons. The highest BCUT2D eigenvalue weighted by Gasteiger charge is 2.44. The standard InChI is InChI=1S/C17H20N4O2/c22-17(13-3-5-18-6-4-13)21-9-10-23-16-14(1-2-15(16)21)11-20-8-7-19-12-20/h3-8,12,14-16H,1-2,9-11H2/t14-,15-,16+/m0/s1.